The number of aliphatic hydroxyl groups is 1. The Morgan fingerprint density at radius 3 is 2.40 bits per heavy atom. The van der Waals surface area contributed by atoms with E-state index in [1.807, 2.05) is 0 Å². The van der Waals surface area contributed by atoms with Gasteiger partial charge in [0.2, 0.25) is 0 Å². The molecule has 170 valence electrons. The first-order valence-corrected chi connectivity index (χ1v) is 13.1. The lowest BCUT2D eigenvalue weighted by molar-refractivity contribution is 0.00722. The van der Waals surface area contributed by atoms with Crippen LogP contribution in [-0.4, -0.2) is 11.2 Å². The molecule has 1 nitrogen and oxygen atoms in total. The molecule has 1 heteroatoms. The SMILES string of the molecule is CC(C)CCC[C@@H](C)[C@H]1[C@@H](O)C[C@H]2C3=CC=C4C(C)(C)CCC[C@]4(C)[C@H]3CC[C@]12C. The first-order chi connectivity index (χ1) is 14.0. The number of hydrogen-bond donors (Lipinski definition) is 1. The molecular weight excluding hydrogens is 364 g/mol. The van der Waals surface area contributed by atoms with Gasteiger partial charge in [-0.05, 0) is 77.9 Å². The number of allylic oxidation sites excluding steroid dienone is 4. The monoisotopic (exact) mass is 412 g/mol. The fourth-order valence-electron chi connectivity index (χ4n) is 8.92. The molecule has 0 heterocycles. The van der Waals surface area contributed by atoms with Gasteiger partial charge in [-0.15, -0.1) is 0 Å². The molecule has 0 radical (unpaired) electrons. The predicted molar refractivity (Wildman–Crippen MR) is 128 cm³/mol. The number of fused-ring (bicyclic) bond motifs is 5. The van der Waals surface area contributed by atoms with E-state index in [0.29, 0.717) is 34.5 Å². The van der Waals surface area contributed by atoms with Gasteiger partial charge in [-0.25, -0.2) is 0 Å². The first-order valence-electron chi connectivity index (χ1n) is 13.1. The van der Waals surface area contributed by atoms with Gasteiger partial charge in [0.05, 0.1) is 6.10 Å². The maximum absolute atomic E-state index is 11.3. The highest BCUT2D eigenvalue weighted by molar-refractivity contribution is 5.41. The Bertz CT molecular complexity index is 712. The predicted octanol–water partition coefficient (Wildman–Crippen LogP) is 7.94. The van der Waals surface area contributed by atoms with Crippen molar-refractivity contribution in [2.45, 2.75) is 112 Å². The molecule has 0 saturated heterocycles. The number of hydrogen-bond acceptors (Lipinski definition) is 1. The zero-order valence-corrected chi connectivity index (χ0v) is 20.9. The molecule has 1 N–H and O–H groups in total. The van der Waals surface area contributed by atoms with Gasteiger partial charge in [0, 0.05) is 0 Å². The molecule has 0 aromatic heterocycles. The maximum Gasteiger partial charge on any atom is 0.0582 e. The zero-order valence-electron chi connectivity index (χ0n) is 20.9. The van der Waals surface area contributed by atoms with Gasteiger partial charge in [0.25, 0.3) is 0 Å². The fourth-order valence-corrected chi connectivity index (χ4v) is 8.92. The van der Waals surface area contributed by atoms with Crippen molar-refractivity contribution in [2.75, 3.05) is 0 Å². The van der Waals surface area contributed by atoms with Crippen molar-refractivity contribution in [1.29, 1.82) is 0 Å². The summed E-state index contributed by atoms with van der Waals surface area (Å²) in [6.07, 6.45) is 16.5. The summed E-state index contributed by atoms with van der Waals surface area (Å²) in [7, 11) is 0. The van der Waals surface area contributed by atoms with Crippen molar-refractivity contribution in [3.63, 3.8) is 0 Å². The lowest BCUT2D eigenvalue weighted by Gasteiger charge is -2.57. The molecule has 4 aliphatic carbocycles. The third-order valence-corrected chi connectivity index (χ3v) is 10.3. The van der Waals surface area contributed by atoms with Crippen LogP contribution >= 0.6 is 0 Å². The highest BCUT2D eigenvalue weighted by Crippen LogP contribution is 2.67. The standard InChI is InChI=1S/C29H48O/c1-19(2)10-8-11-20(3)26-24(30)18-23-21-12-13-25-27(4,5)15-9-16-28(25,6)22(21)14-17-29(23,26)7/h12-13,19-20,22-24,26,30H,8-11,14-18H2,1-7H3/t20-,22+,23+,24+,26+,28-,29+/m1/s1. The van der Waals surface area contributed by atoms with Crippen LogP contribution in [0.2, 0.25) is 0 Å². The van der Waals surface area contributed by atoms with Crippen molar-refractivity contribution >= 4 is 0 Å². The molecule has 4 aliphatic rings. The molecule has 0 amide bonds. The van der Waals surface area contributed by atoms with Gasteiger partial charge >= 0.3 is 0 Å². The van der Waals surface area contributed by atoms with Crippen molar-refractivity contribution in [3.8, 4) is 0 Å². The van der Waals surface area contributed by atoms with Gasteiger partial charge in [-0.1, -0.05) is 97.4 Å². The Balaban J connectivity index is 1.61. The highest BCUT2D eigenvalue weighted by Gasteiger charge is 2.60. The van der Waals surface area contributed by atoms with Crippen LogP contribution in [0, 0.1) is 45.8 Å². The summed E-state index contributed by atoms with van der Waals surface area (Å²) in [5.74, 6) is 3.18. The second kappa shape index (κ2) is 7.79. The fraction of sp³-hybridized carbons (Fsp3) is 0.862. The van der Waals surface area contributed by atoms with E-state index in [4.69, 9.17) is 0 Å². The van der Waals surface area contributed by atoms with Crippen LogP contribution in [0.4, 0.5) is 0 Å². The summed E-state index contributed by atoms with van der Waals surface area (Å²) in [6.45, 7) is 17.2. The van der Waals surface area contributed by atoms with Crippen LogP contribution in [0.3, 0.4) is 0 Å². The van der Waals surface area contributed by atoms with Crippen LogP contribution in [0.25, 0.3) is 0 Å². The van der Waals surface area contributed by atoms with Crippen molar-refractivity contribution in [1.82, 2.24) is 0 Å². The molecule has 0 bridgehead atoms. The lowest BCUT2D eigenvalue weighted by atomic mass is 9.47. The Morgan fingerprint density at radius 1 is 0.967 bits per heavy atom. The Labute approximate surface area is 186 Å². The molecule has 7 atom stereocenters. The van der Waals surface area contributed by atoms with Crippen molar-refractivity contribution in [3.05, 3.63) is 23.3 Å². The van der Waals surface area contributed by atoms with Crippen LogP contribution < -0.4 is 0 Å². The molecule has 0 aliphatic heterocycles. The first kappa shape index (κ1) is 22.6. The van der Waals surface area contributed by atoms with E-state index in [2.05, 4.69) is 60.6 Å². The molecule has 3 saturated carbocycles. The summed E-state index contributed by atoms with van der Waals surface area (Å²) < 4.78 is 0. The lowest BCUT2D eigenvalue weighted by Crippen LogP contribution is -2.48. The summed E-state index contributed by atoms with van der Waals surface area (Å²) in [5.41, 5.74) is 4.40. The quantitative estimate of drug-likeness (QED) is 0.486. The van der Waals surface area contributed by atoms with Gasteiger partial charge in [-0.3, -0.25) is 0 Å². The van der Waals surface area contributed by atoms with Crippen LogP contribution in [0.5, 0.6) is 0 Å². The van der Waals surface area contributed by atoms with E-state index < -0.39 is 0 Å². The van der Waals surface area contributed by atoms with E-state index >= 15 is 0 Å². The van der Waals surface area contributed by atoms with Gasteiger partial charge in [-0.2, -0.15) is 0 Å². The average molecular weight is 413 g/mol. The van der Waals surface area contributed by atoms with E-state index in [1.54, 1.807) is 11.1 Å². The molecule has 30 heavy (non-hydrogen) atoms. The third-order valence-electron chi connectivity index (χ3n) is 10.3. The van der Waals surface area contributed by atoms with Gasteiger partial charge in [0.15, 0.2) is 0 Å². The normalized spacial score (nSPS) is 43.4. The molecule has 0 unspecified atom stereocenters. The minimum atomic E-state index is -0.116. The molecule has 0 aromatic carbocycles. The topological polar surface area (TPSA) is 20.2 Å². The second-order valence-corrected chi connectivity index (χ2v) is 13.2. The smallest absolute Gasteiger partial charge is 0.0582 e. The summed E-state index contributed by atoms with van der Waals surface area (Å²) in [4.78, 5) is 0. The maximum atomic E-state index is 11.3. The third kappa shape index (κ3) is 3.46. The van der Waals surface area contributed by atoms with E-state index in [0.717, 1.165) is 12.3 Å². The van der Waals surface area contributed by atoms with E-state index in [1.165, 1.54) is 51.4 Å². The molecular formula is C29H48O. The number of aliphatic hydroxyl groups excluding tert-OH is 1. The summed E-state index contributed by atoms with van der Waals surface area (Å²) in [6, 6.07) is 0. The van der Waals surface area contributed by atoms with Gasteiger partial charge in [0.1, 0.15) is 0 Å². The molecule has 4 rings (SSSR count). The Hall–Kier alpha value is -0.560. The largest absolute Gasteiger partial charge is 0.393 e. The zero-order chi connectivity index (χ0) is 21.9. The second-order valence-electron chi connectivity index (χ2n) is 13.2. The molecule has 0 aromatic rings. The minimum Gasteiger partial charge on any atom is -0.393 e. The Kier molecular flexibility index (Phi) is 5.87. The summed E-state index contributed by atoms with van der Waals surface area (Å²) in [5, 5.41) is 11.3. The van der Waals surface area contributed by atoms with Crippen molar-refractivity contribution in [2.24, 2.45) is 45.8 Å². The molecule has 0 spiro atoms. The summed E-state index contributed by atoms with van der Waals surface area (Å²) >= 11 is 0. The van der Waals surface area contributed by atoms with E-state index in [9.17, 15) is 5.11 Å². The molecule has 3 fully saturated rings. The Morgan fingerprint density at radius 2 is 1.70 bits per heavy atom. The highest BCUT2D eigenvalue weighted by atomic mass is 16.3. The van der Waals surface area contributed by atoms with E-state index in [-0.39, 0.29) is 11.5 Å². The van der Waals surface area contributed by atoms with Crippen LogP contribution in [-0.2, 0) is 0 Å². The van der Waals surface area contributed by atoms with Crippen LogP contribution in [0.15, 0.2) is 23.3 Å². The van der Waals surface area contributed by atoms with Crippen LogP contribution in [0.1, 0.15) is 106 Å². The number of rotatable bonds is 5. The average Bonchev–Trinajstić information content (AvgIpc) is 2.91. The minimum absolute atomic E-state index is 0.116. The van der Waals surface area contributed by atoms with Gasteiger partial charge < -0.3 is 5.11 Å². The van der Waals surface area contributed by atoms with Crippen molar-refractivity contribution < 1.29 is 5.11 Å².